The van der Waals surface area contributed by atoms with Crippen LogP contribution in [0.3, 0.4) is 0 Å². The number of benzene rings is 1. The predicted octanol–water partition coefficient (Wildman–Crippen LogP) is 2.84. The molecule has 0 spiro atoms. The molecular formula is C16H14F4N2O3. The average Bonchev–Trinajstić information content (AvgIpc) is 2.89. The number of aromatic nitrogens is 1. The van der Waals surface area contributed by atoms with Crippen LogP contribution >= 0.6 is 0 Å². The summed E-state index contributed by atoms with van der Waals surface area (Å²) in [4.78, 5) is 23.1. The third kappa shape index (κ3) is 4.17. The van der Waals surface area contributed by atoms with E-state index in [0.717, 1.165) is 6.07 Å². The molecule has 0 aliphatic carbocycles. The maximum absolute atomic E-state index is 13.7. The normalized spacial score (nSPS) is 11.4. The molecule has 0 unspecified atom stereocenters. The highest BCUT2D eigenvalue weighted by atomic mass is 19.4. The fourth-order valence-corrected chi connectivity index (χ4v) is 2.26. The first-order valence-electron chi connectivity index (χ1n) is 7.17. The molecule has 2 rings (SSSR count). The second-order valence-corrected chi connectivity index (χ2v) is 5.13. The number of ether oxygens (including phenoxy) is 1. The van der Waals surface area contributed by atoms with Gasteiger partial charge < -0.3 is 15.0 Å². The highest BCUT2D eigenvalue weighted by Gasteiger charge is 2.34. The van der Waals surface area contributed by atoms with Crippen molar-refractivity contribution in [3.05, 3.63) is 53.1 Å². The van der Waals surface area contributed by atoms with Crippen molar-refractivity contribution in [2.24, 2.45) is 5.73 Å². The average molecular weight is 358 g/mol. The summed E-state index contributed by atoms with van der Waals surface area (Å²) in [6, 6.07) is 2.34. The van der Waals surface area contributed by atoms with Crippen LogP contribution in [-0.2, 0) is 22.1 Å². The molecule has 0 fully saturated rings. The van der Waals surface area contributed by atoms with Crippen molar-refractivity contribution in [3.8, 4) is 5.69 Å². The topological polar surface area (TPSA) is 74.3 Å². The number of hydrogen-bond donors (Lipinski definition) is 1. The number of alkyl halides is 3. The summed E-state index contributed by atoms with van der Waals surface area (Å²) in [5, 5.41) is 0. The predicted molar refractivity (Wildman–Crippen MR) is 79.6 cm³/mol. The van der Waals surface area contributed by atoms with Crippen LogP contribution in [-0.4, -0.2) is 23.1 Å². The Morgan fingerprint density at radius 2 is 1.92 bits per heavy atom. The molecule has 0 atom stereocenters. The fourth-order valence-electron chi connectivity index (χ4n) is 2.26. The number of carbonyl (C=O) groups is 2. The maximum Gasteiger partial charge on any atom is 0.419 e. The number of rotatable bonds is 5. The third-order valence-electron chi connectivity index (χ3n) is 3.33. The second kappa shape index (κ2) is 6.96. The van der Waals surface area contributed by atoms with E-state index < -0.39 is 29.4 Å². The summed E-state index contributed by atoms with van der Waals surface area (Å²) >= 11 is 0. The van der Waals surface area contributed by atoms with E-state index in [9.17, 15) is 27.2 Å². The van der Waals surface area contributed by atoms with Crippen molar-refractivity contribution < 1.29 is 31.9 Å². The van der Waals surface area contributed by atoms with Crippen molar-refractivity contribution in [1.82, 2.24) is 4.57 Å². The first kappa shape index (κ1) is 18.5. The van der Waals surface area contributed by atoms with Gasteiger partial charge in [0, 0.05) is 18.1 Å². The van der Waals surface area contributed by atoms with Crippen molar-refractivity contribution in [1.29, 1.82) is 0 Å². The quantitative estimate of drug-likeness (QED) is 0.660. The van der Waals surface area contributed by atoms with Crippen LogP contribution in [0, 0.1) is 5.82 Å². The molecule has 0 aliphatic heterocycles. The van der Waals surface area contributed by atoms with E-state index in [1.165, 1.54) is 17.0 Å². The number of halogens is 4. The van der Waals surface area contributed by atoms with Crippen LogP contribution in [0.5, 0.6) is 0 Å². The summed E-state index contributed by atoms with van der Waals surface area (Å²) in [6.45, 7) is 1.68. The van der Waals surface area contributed by atoms with Crippen LogP contribution in [0.25, 0.3) is 5.69 Å². The van der Waals surface area contributed by atoms with Gasteiger partial charge >= 0.3 is 12.1 Å². The highest BCUT2D eigenvalue weighted by Crippen LogP contribution is 2.32. The van der Waals surface area contributed by atoms with Gasteiger partial charge in [0.15, 0.2) is 0 Å². The number of nitrogens with two attached hydrogens (primary N) is 1. The second-order valence-electron chi connectivity index (χ2n) is 5.13. The lowest BCUT2D eigenvalue weighted by Crippen LogP contribution is -2.15. The molecular weight excluding hydrogens is 344 g/mol. The summed E-state index contributed by atoms with van der Waals surface area (Å²) in [7, 11) is 0. The first-order chi connectivity index (χ1) is 11.6. The van der Waals surface area contributed by atoms with E-state index in [4.69, 9.17) is 10.5 Å². The highest BCUT2D eigenvalue weighted by molar-refractivity contribution is 5.93. The number of amides is 1. The Morgan fingerprint density at radius 1 is 1.24 bits per heavy atom. The largest absolute Gasteiger partial charge is 0.462 e. The molecule has 0 saturated heterocycles. The van der Waals surface area contributed by atoms with Gasteiger partial charge in [-0.15, -0.1) is 0 Å². The minimum Gasteiger partial charge on any atom is -0.462 e. The number of hydrogen-bond acceptors (Lipinski definition) is 3. The van der Waals surface area contributed by atoms with Crippen molar-refractivity contribution in [2.75, 3.05) is 6.61 Å². The van der Waals surface area contributed by atoms with E-state index in [-0.39, 0.29) is 29.8 Å². The van der Waals surface area contributed by atoms with Crippen LogP contribution in [0.15, 0.2) is 30.6 Å². The zero-order chi connectivity index (χ0) is 18.8. The molecule has 1 heterocycles. The molecule has 1 amide bonds. The van der Waals surface area contributed by atoms with Crippen LogP contribution in [0.2, 0.25) is 0 Å². The third-order valence-corrected chi connectivity index (χ3v) is 3.33. The SMILES string of the molecule is CCOC(=O)c1cn(-c2ccc(C(F)(F)F)c(F)c2)cc1CC(N)=O. The van der Waals surface area contributed by atoms with Crippen LogP contribution in [0.1, 0.15) is 28.4 Å². The lowest BCUT2D eigenvalue weighted by molar-refractivity contribution is -0.140. The van der Waals surface area contributed by atoms with Gasteiger partial charge in [0.1, 0.15) is 5.82 Å². The molecule has 0 radical (unpaired) electrons. The van der Waals surface area contributed by atoms with Crippen LogP contribution < -0.4 is 5.73 Å². The molecule has 0 bridgehead atoms. The minimum atomic E-state index is -4.81. The minimum absolute atomic E-state index is 0.0287. The van der Waals surface area contributed by atoms with E-state index in [2.05, 4.69) is 0 Å². The summed E-state index contributed by atoms with van der Waals surface area (Å²) in [6.07, 6.45) is -2.52. The van der Waals surface area contributed by atoms with Gasteiger partial charge in [-0.3, -0.25) is 4.79 Å². The van der Waals surface area contributed by atoms with Crippen molar-refractivity contribution >= 4 is 11.9 Å². The maximum atomic E-state index is 13.7. The zero-order valence-electron chi connectivity index (χ0n) is 13.1. The lowest BCUT2D eigenvalue weighted by atomic mass is 10.1. The summed E-state index contributed by atoms with van der Waals surface area (Å²) in [5.41, 5.74) is 4.03. The molecule has 134 valence electrons. The Morgan fingerprint density at radius 3 is 2.44 bits per heavy atom. The number of carbonyl (C=O) groups excluding carboxylic acids is 2. The number of esters is 1. The molecule has 0 saturated carbocycles. The Balaban J connectivity index is 2.47. The van der Waals surface area contributed by atoms with E-state index >= 15 is 0 Å². The monoisotopic (exact) mass is 358 g/mol. The van der Waals surface area contributed by atoms with E-state index in [1.54, 1.807) is 6.92 Å². The van der Waals surface area contributed by atoms with Crippen molar-refractivity contribution in [3.63, 3.8) is 0 Å². The van der Waals surface area contributed by atoms with Gasteiger partial charge in [-0.1, -0.05) is 0 Å². The summed E-state index contributed by atoms with van der Waals surface area (Å²) < 4.78 is 57.7. The number of primary amides is 1. The van der Waals surface area contributed by atoms with E-state index in [1.807, 2.05) is 0 Å². The molecule has 25 heavy (non-hydrogen) atoms. The van der Waals surface area contributed by atoms with Crippen molar-refractivity contribution in [2.45, 2.75) is 19.5 Å². The Kier molecular flexibility index (Phi) is 5.15. The van der Waals surface area contributed by atoms with Gasteiger partial charge in [-0.2, -0.15) is 13.2 Å². The van der Waals surface area contributed by atoms with Gasteiger partial charge in [0.2, 0.25) is 5.91 Å². The van der Waals surface area contributed by atoms with Gasteiger partial charge in [0.25, 0.3) is 0 Å². The molecule has 9 heteroatoms. The Labute approximate surface area is 140 Å². The van der Waals surface area contributed by atoms with E-state index in [0.29, 0.717) is 12.1 Å². The standard InChI is InChI=1S/C16H14F4N2O3/c1-2-25-15(24)11-8-22(7-9(11)5-14(21)23)10-3-4-12(13(17)6-10)16(18,19)20/h3-4,6-8H,2,5H2,1H3,(H2,21,23). The molecule has 5 nitrogen and oxygen atoms in total. The Bertz CT molecular complexity index is 812. The summed E-state index contributed by atoms with van der Waals surface area (Å²) in [5.74, 6) is -2.88. The molecule has 2 N–H and O–H groups in total. The first-order valence-corrected chi connectivity index (χ1v) is 7.17. The molecule has 0 aliphatic rings. The Hall–Kier alpha value is -2.84. The zero-order valence-corrected chi connectivity index (χ0v) is 13.1. The lowest BCUT2D eigenvalue weighted by Gasteiger charge is -2.10. The molecule has 1 aromatic heterocycles. The van der Waals surface area contributed by atoms with Gasteiger partial charge in [0.05, 0.1) is 24.2 Å². The van der Waals surface area contributed by atoms with Gasteiger partial charge in [-0.05, 0) is 30.7 Å². The number of nitrogens with zero attached hydrogens (tertiary/aromatic N) is 1. The smallest absolute Gasteiger partial charge is 0.419 e. The fraction of sp³-hybridized carbons (Fsp3) is 0.250. The van der Waals surface area contributed by atoms with Crippen LogP contribution in [0.4, 0.5) is 17.6 Å². The van der Waals surface area contributed by atoms with Gasteiger partial charge in [-0.25, -0.2) is 9.18 Å². The molecule has 1 aromatic carbocycles. The molecule has 2 aromatic rings.